The van der Waals surface area contributed by atoms with Crippen molar-refractivity contribution in [2.75, 3.05) is 12.8 Å². The molecule has 1 saturated heterocycles. The van der Waals surface area contributed by atoms with Crippen LogP contribution in [0.15, 0.2) is 34.2 Å². The van der Waals surface area contributed by atoms with E-state index in [4.69, 9.17) is 0 Å². The first-order chi connectivity index (χ1) is 9.27. The number of aliphatic imine (C=N–C) groups is 1. The summed E-state index contributed by atoms with van der Waals surface area (Å²) < 4.78 is 22.9. The fourth-order valence-electron chi connectivity index (χ4n) is 2.03. The molecule has 1 aromatic rings. The molecule has 20 heavy (non-hydrogen) atoms. The average Bonchev–Trinajstić information content (AvgIpc) is 2.65. The second-order valence-electron chi connectivity index (χ2n) is 4.82. The van der Waals surface area contributed by atoms with Gasteiger partial charge in [-0.2, -0.15) is 0 Å². The van der Waals surface area contributed by atoms with Crippen LogP contribution in [0.1, 0.15) is 19.4 Å². The van der Waals surface area contributed by atoms with Crippen LogP contribution in [-0.4, -0.2) is 33.1 Å². The predicted octanol–water partition coefficient (Wildman–Crippen LogP) is 0.401. The molecule has 2 N–H and O–H groups in total. The van der Waals surface area contributed by atoms with Crippen LogP contribution in [-0.2, 0) is 20.2 Å². The molecule has 0 bridgehead atoms. The molecule has 1 heterocycles. The van der Waals surface area contributed by atoms with Gasteiger partial charge in [-0.1, -0.05) is 12.1 Å². The molecule has 1 atom stereocenters. The van der Waals surface area contributed by atoms with Crippen molar-refractivity contribution in [3.05, 3.63) is 29.8 Å². The monoisotopic (exact) mass is 295 g/mol. The zero-order chi connectivity index (χ0) is 15.0. The van der Waals surface area contributed by atoms with Crippen LogP contribution in [0.4, 0.5) is 0 Å². The molecular weight excluding hydrogens is 278 g/mol. The van der Waals surface area contributed by atoms with Crippen LogP contribution in [0.3, 0.4) is 0 Å². The van der Waals surface area contributed by atoms with E-state index in [0.29, 0.717) is 18.1 Å². The number of amides is 1. The van der Waals surface area contributed by atoms with Crippen molar-refractivity contribution in [3.8, 4) is 0 Å². The molecule has 0 aliphatic carbocycles. The van der Waals surface area contributed by atoms with E-state index in [1.807, 2.05) is 6.92 Å². The smallest absolute Gasteiger partial charge is 0.256 e. The van der Waals surface area contributed by atoms with Crippen molar-refractivity contribution in [2.24, 2.45) is 4.99 Å². The summed E-state index contributed by atoms with van der Waals surface area (Å²) in [6.07, 6.45) is 1.15. The van der Waals surface area contributed by atoms with Gasteiger partial charge < -0.3 is 5.32 Å². The lowest BCUT2D eigenvalue weighted by molar-refractivity contribution is -0.123. The molecule has 1 amide bonds. The Morgan fingerprint density at radius 1 is 1.25 bits per heavy atom. The Hall–Kier alpha value is -1.89. The topological polar surface area (TPSA) is 87.6 Å². The van der Waals surface area contributed by atoms with Gasteiger partial charge in [0.2, 0.25) is 0 Å². The van der Waals surface area contributed by atoms with Crippen LogP contribution >= 0.6 is 0 Å². The Kier molecular flexibility index (Phi) is 3.56. The van der Waals surface area contributed by atoms with Crippen molar-refractivity contribution < 1.29 is 13.2 Å². The van der Waals surface area contributed by atoms with Gasteiger partial charge >= 0.3 is 0 Å². The minimum Gasteiger partial charge on any atom is -0.338 e. The van der Waals surface area contributed by atoms with Crippen molar-refractivity contribution in [1.82, 2.24) is 10.6 Å². The van der Waals surface area contributed by atoms with Gasteiger partial charge in [-0.15, -0.1) is 0 Å². The lowest BCUT2D eigenvalue weighted by atomic mass is 9.92. The number of guanidine groups is 1. The van der Waals surface area contributed by atoms with E-state index in [2.05, 4.69) is 15.6 Å². The summed E-state index contributed by atoms with van der Waals surface area (Å²) in [4.78, 5) is 16.4. The predicted molar refractivity (Wildman–Crippen MR) is 76.2 cm³/mol. The van der Waals surface area contributed by atoms with Gasteiger partial charge in [0.1, 0.15) is 5.54 Å². The van der Waals surface area contributed by atoms with E-state index in [9.17, 15) is 13.2 Å². The number of hydrogen-bond acceptors (Lipinski definition) is 4. The van der Waals surface area contributed by atoms with E-state index < -0.39 is 15.4 Å². The van der Waals surface area contributed by atoms with Gasteiger partial charge in [0.25, 0.3) is 5.91 Å². The summed E-state index contributed by atoms with van der Waals surface area (Å²) in [5.41, 5.74) is -0.256. The molecule has 0 spiro atoms. The second-order valence-corrected chi connectivity index (χ2v) is 6.84. The Morgan fingerprint density at radius 2 is 1.85 bits per heavy atom. The molecule has 0 radical (unpaired) electrons. The van der Waals surface area contributed by atoms with Crippen molar-refractivity contribution in [3.63, 3.8) is 0 Å². The van der Waals surface area contributed by atoms with Crippen molar-refractivity contribution >= 4 is 21.7 Å². The Bertz CT molecular complexity index is 665. The Morgan fingerprint density at radius 3 is 2.35 bits per heavy atom. The maximum absolute atomic E-state index is 12.1. The third-order valence-electron chi connectivity index (χ3n) is 3.23. The highest BCUT2D eigenvalue weighted by Gasteiger charge is 2.42. The van der Waals surface area contributed by atoms with Gasteiger partial charge in [-0.05, 0) is 31.5 Å². The first-order valence-corrected chi connectivity index (χ1v) is 8.11. The van der Waals surface area contributed by atoms with E-state index in [0.717, 1.165) is 6.26 Å². The Balaban J connectivity index is 2.36. The number of nitrogens with one attached hydrogen (secondary N) is 2. The number of carbonyl (C=O) groups is 1. The fourth-order valence-corrected chi connectivity index (χ4v) is 2.66. The summed E-state index contributed by atoms with van der Waals surface area (Å²) in [5, 5.41) is 5.70. The molecule has 1 aliphatic heterocycles. The largest absolute Gasteiger partial charge is 0.338 e. The van der Waals surface area contributed by atoms with Gasteiger partial charge in [-0.3, -0.25) is 15.1 Å². The number of nitrogens with zero attached hydrogens (tertiary/aromatic N) is 1. The van der Waals surface area contributed by atoms with Gasteiger partial charge in [0, 0.05) is 12.8 Å². The lowest BCUT2D eigenvalue weighted by Gasteiger charge is -2.21. The standard InChI is InChI=1S/C13H17N3O3S/c1-4-14-12-15-11(17)13(2,16-12)9-5-7-10(8-6-9)20(3,18)19/h5-8H,4H2,1-3H3,(H2,14,15,16,17). The molecule has 1 unspecified atom stereocenters. The maximum Gasteiger partial charge on any atom is 0.256 e. The first kappa shape index (κ1) is 14.5. The second kappa shape index (κ2) is 4.90. The molecular formula is C13H17N3O3S. The maximum atomic E-state index is 12.1. The highest BCUT2D eigenvalue weighted by atomic mass is 32.2. The molecule has 1 aliphatic rings. The summed E-state index contributed by atoms with van der Waals surface area (Å²) in [6.45, 7) is 4.17. The van der Waals surface area contributed by atoms with Crippen LogP contribution in [0.25, 0.3) is 0 Å². The minimum atomic E-state index is -3.24. The van der Waals surface area contributed by atoms with Crippen LogP contribution < -0.4 is 10.6 Å². The van der Waals surface area contributed by atoms with E-state index in [1.54, 1.807) is 19.1 Å². The number of hydrogen-bond donors (Lipinski definition) is 2. The molecule has 108 valence electrons. The third-order valence-corrected chi connectivity index (χ3v) is 4.36. The van der Waals surface area contributed by atoms with Gasteiger partial charge in [0.15, 0.2) is 15.8 Å². The highest BCUT2D eigenvalue weighted by Crippen LogP contribution is 2.25. The molecule has 1 aromatic carbocycles. The average molecular weight is 295 g/mol. The SMILES string of the molecule is CCN=C1NC(=O)C(C)(c2ccc(S(C)(=O)=O)cc2)N1. The fraction of sp³-hybridized carbons (Fsp3) is 0.385. The Labute approximate surface area is 118 Å². The molecule has 6 nitrogen and oxygen atoms in total. The number of carbonyl (C=O) groups excluding carboxylic acids is 1. The minimum absolute atomic E-state index is 0.211. The van der Waals surface area contributed by atoms with E-state index >= 15 is 0 Å². The lowest BCUT2D eigenvalue weighted by Crippen LogP contribution is -2.40. The summed E-state index contributed by atoms with van der Waals surface area (Å²) in [5.74, 6) is 0.226. The highest BCUT2D eigenvalue weighted by molar-refractivity contribution is 7.90. The van der Waals surface area contributed by atoms with Gasteiger partial charge in [0.05, 0.1) is 4.90 Å². The molecule has 2 rings (SSSR count). The molecule has 7 heteroatoms. The quantitative estimate of drug-likeness (QED) is 0.845. The number of rotatable bonds is 3. The zero-order valence-electron chi connectivity index (χ0n) is 11.6. The number of sulfone groups is 1. The number of benzene rings is 1. The molecule has 0 aromatic heterocycles. The summed E-state index contributed by atoms with van der Waals surface area (Å²) in [6, 6.07) is 6.27. The summed E-state index contributed by atoms with van der Waals surface area (Å²) >= 11 is 0. The normalized spacial score (nSPS) is 24.6. The van der Waals surface area contributed by atoms with E-state index in [1.165, 1.54) is 12.1 Å². The van der Waals surface area contributed by atoms with Crippen LogP contribution in [0.2, 0.25) is 0 Å². The van der Waals surface area contributed by atoms with Crippen LogP contribution in [0, 0.1) is 0 Å². The van der Waals surface area contributed by atoms with Gasteiger partial charge in [-0.25, -0.2) is 8.42 Å². The summed E-state index contributed by atoms with van der Waals surface area (Å²) in [7, 11) is -3.24. The van der Waals surface area contributed by atoms with Crippen molar-refractivity contribution in [1.29, 1.82) is 0 Å². The molecule has 1 fully saturated rings. The van der Waals surface area contributed by atoms with Crippen LogP contribution in [0.5, 0.6) is 0 Å². The zero-order valence-corrected chi connectivity index (χ0v) is 12.4. The van der Waals surface area contributed by atoms with Crippen molar-refractivity contribution in [2.45, 2.75) is 24.3 Å². The molecule has 0 saturated carbocycles. The third kappa shape index (κ3) is 2.53. The van der Waals surface area contributed by atoms with E-state index in [-0.39, 0.29) is 10.8 Å². The first-order valence-electron chi connectivity index (χ1n) is 6.22.